The summed E-state index contributed by atoms with van der Waals surface area (Å²) in [6.07, 6.45) is -5.06. The first-order chi connectivity index (χ1) is 9.43. The van der Waals surface area contributed by atoms with Gasteiger partial charge in [-0.3, -0.25) is 0 Å². The van der Waals surface area contributed by atoms with Crippen LogP contribution in [0, 0.1) is 0 Å². The van der Waals surface area contributed by atoms with Crippen molar-refractivity contribution < 1.29 is 26.3 Å². The van der Waals surface area contributed by atoms with Crippen LogP contribution >= 0.6 is 0 Å². The molecular weight excluding hydrogens is 282 g/mol. The van der Waals surface area contributed by atoms with Gasteiger partial charge in [0.15, 0.2) is 11.7 Å². The predicted octanol–water partition coefficient (Wildman–Crippen LogP) is 5.91. The Morgan fingerprint density at radius 1 is 0.550 bits per heavy atom. The third-order valence-corrected chi connectivity index (χ3v) is 2.73. The molecule has 2 rings (SSSR count). The van der Waals surface area contributed by atoms with Crippen LogP contribution < -0.4 is 0 Å². The minimum atomic E-state index is -2.53. The van der Waals surface area contributed by atoms with Crippen molar-refractivity contribution in [3.63, 3.8) is 0 Å². The second-order valence-corrected chi connectivity index (χ2v) is 3.86. The Morgan fingerprint density at radius 3 is 1.20 bits per heavy atom. The summed E-state index contributed by atoms with van der Waals surface area (Å²) in [6.45, 7) is 0. The maximum Gasteiger partial charge on any atom is 0.306 e. The summed E-state index contributed by atoms with van der Waals surface area (Å²) >= 11 is 0. The van der Waals surface area contributed by atoms with E-state index in [1.165, 1.54) is 24.3 Å². The lowest BCUT2D eigenvalue weighted by atomic mass is 9.99. The Bertz CT molecular complexity index is 658. The highest BCUT2D eigenvalue weighted by molar-refractivity contribution is 5.98. The van der Waals surface area contributed by atoms with Crippen molar-refractivity contribution in [2.24, 2.45) is 0 Å². The van der Waals surface area contributed by atoms with Crippen molar-refractivity contribution >= 4 is 22.4 Å². The molecule has 6 heteroatoms. The van der Waals surface area contributed by atoms with E-state index in [2.05, 4.69) is 0 Å². The molecule has 0 radical (unpaired) electrons. The molecule has 0 aromatic heterocycles. The molecule has 0 atom stereocenters. The molecule has 2 aromatic carbocycles. The smallest absolute Gasteiger partial charge is 0.200 e. The molecule has 0 saturated carbocycles. The molecule has 0 bridgehead atoms. The molecule has 0 unspecified atom stereocenters. The topological polar surface area (TPSA) is 0 Å². The Hall–Kier alpha value is -2.24. The van der Waals surface area contributed by atoms with E-state index in [-0.39, 0.29) is 10.8 Å². The van der Waals surface area contributed by atoms with Gasteiger partial charge in [-0.1, -0.05) is 36.4 Å². The lowest BCUT2D eigenvalue weighted by Crippen LogP contribution is -1.88. The molecule has 0 amide bonds. The Labute approximate surface area is 109 Å². The van der Waals surface area contributed by atoms with E-state index in [4.69, 9.17) is 0 Å². The van der Waals surface area contributed by atoms with Gasteiger partial charge in [0.05, 0.1) is 0 Å². The average molecular weight is 288 g/mol. The van der Waals surface area contributed by atoms with Crippen molar-refractivity contribution in [3.05, 3.63) is 59.7 Å². The number of hydrogen-bond acceptors (Lipinski definition) is 0. The fraction of sp³-hybridized carbons (Fsp3) is 0. The molecule has 0 aliphatic heterocycles. The molecule has 0 saturated heterocycles. The molecule has 0 aliphatic carbocycles. The van der Waals surface area contributed by atoms with Gasteiger partial charge in [-0.25, -0.2) is 8.78 Å². The average Bonchev–Trinajstić information content (AvgIpc) is 2.44. The van der Waals surface area contributed by atoms with Gasteiger partial charge in [-0.15, -0.1) is 0 Å². The first-order valence-electron chi connectivity index (χ1n) is 5.37. The highest BCUT2D eigenvalue weighted by Crippen LogP contribution is 2.34. The number of fused-ring (bicyclic) bond motifs is 1. The molecule has 0 nitrogen and oxygen atoms in total. The molecule has 20 heavy (non-hydrogen) atoms. The summed E-state index contributed by atoms with van der Waals surface area (Å²) in [5, 5.41) is -0.154. The zero-order chi connectivity index (χ0) is 14.9. The first-order valence-corrected chi connectivity index (χ1v) is 5.37. The van der Waals surface area contributed by atoms with Crippen LogP contribution in [0.3, 0.4) is 0 Å². The maximum atomic E-state index is 13.4. The van der Waals surface area contributed by atoms with Crippen LogP contribution in [-0.2, 0) is 0 Å². The molecule has 104 valence electrons. The van der Waals surface area contributed by atoms with Crippen LogP contribution in [0.2, 0.25) is 0 Å². The van der Waals surface area contributed by atoms with E-state index in [1.54, 1.807) is 0 Å². The third kappa shape index (κ3) is 2.41. The number of halogens is 6. The lowest BCUT2D eigenvalue weighted by molar-refractivity contribution is 0.410. The standard InChI is InChI=1S/C14H6F6/c15-11(13(17)18)9-5-1-3-7-8(9)4-2-6-10(7)12(16)14(19)20/h1-6H. The minimum absolute atomic E-state index is 0.0771. The van der Waals surface area contributed by atoms with Crippen molar-refractivity contribution in [2.45, 2.75) is 0 Å². The van der Waals surface area contributed by atoms with E-state index < -0.39 is 34.9 Å². The van der Waals surface area contributed by atoms with E-state index in [0.717, 1.165) is 12.1 Å². The molecular formula is C14H6F6. The molecule has 0 heterocycles. The molecule has 0 fully saturated rings. The summed E-state index contributed by atoms with van der Waals surface area (Å²) in [5.41, 5.74) is -0.951. The Balaban J connectivity index is 2.84. The van der Waals surface area contributed by atoms with Crippen molar-refractivity contribution in [2.75, 3.05) is 0 Å². The van der Waals surface area contributed by atoms with Crippen LogP contribution in [-0.4, -0.2) is 0 Å². The summed E-state index contributed by atoms with van der Waals surface area (Å²) in [4.78, 5) is 0. The van der Waals surface area contributed by atoms with Crippen LogP contribution in [0.25, 0.3) is 22.4 Å². The number of benzene rings is 2. The Kier molecular flexibility index (Phi) is 3.83. The fourth-order valence-electron chi connectivity index (χ4n) is 1.90. The van der Waals surface area contributed by atoms with Gasteiger partial charge in [0.25, 0.3) is 0 Å². The summed E-state index contributed by atoms with van der Waals surface area (Å²) < 4.78 is 76.0. The SMILES string of the molecule is FC(F)=C(F)c1cccc2c(C(F)=C(F)F)cccc12. The second kappa shape index (κ2) is 5.40. The quantitative estimate of drug-likeness (QED) is 0.603. The van der Waals surface area contributed by atoms with Gasteiger partial charge in [0, 0.05) is 11.1 Å². The van der Waals surface area contributed by atoms with Crippen molar-refractivity contribution in [1.29, 1.82) is 0 Å². The zero-order valence-corrected chi connectivity index (χ0v) is 9.73. The van der Waals surface area contributed by atoms with Gasteiger partial charge in [-0.2, -0.15) is 17.6 Å². The van der Waals surface area contributed by atoms with E-state index in [1.807, 2.05) is 0 Å². The molecule has 0 N–H and O–H groups in total. The minimum Gasteiger partial charge on any atom is -0.200 e. The molecule has 0 spiro atoms. The summed E-state index contributed by atoms with van der Waals surface area (Å²) in [7, 11) is 0. The van der Waals surface area contributed by atoms with Gasteiger partial charge in [0.2, 0.25) is 0 Å². The van der Waals surface area contributed by atoms with E-state index >= 15 is 0 Å². The van der Waals surface area contributed by atoms with Crippen LogP contribution in [0.5, 0.6) is 0 Å². The van der Waals surface area contributed by atoms with Gasteiger partial charge in [0.1, 0.15) is 0 Å². The normalized spacial score (nSPS) is 10.5. The largest absolute Gasteiger partial charge is 0.306 e. The maximum absolute atomic E-state index is 13.4. The highest BCUT2D eigenvalue weighted by atomic mass is 19.3. The second-order valence-electron chi connectivity index (χ2n) is 3.86. The first kappa shape index (κ1) is 14.2. The van der Waals surface area contributed by atoms with Crippen molar-refractivity contribution in [3.8, 4) is 0 Å². The molecule has 0 aliphatic rings. The number of hydrogen-bond donors (Lipinski definition) is 0. The van der Waals surface area contributed by atoms with Crippen LogP contribution in [0.15, 0.2) is 48.6 Å². The highest BCUT2D eigenvalue weighted by Gasteiger charge is 2.16. The predicted molar refractivity (Wildman–Crippen MR) is 64.4 cm³/mol. The van der Waals surface area contributed by atoms with Crippen LogP contribution in [0.1, 0.15) is 11.1 Å². The van der Waals surface area contributed by atoms with Gasteiger partial charge in [-0.05, 0) is 10.8 Å². The third-order valence-electron chi connectivity index (χ3n) is 2.73. The number of rotatable bonds is 2. The van der Waals surface area contributed by atoms with E-state index in [0.29, 0.717) is 0 Å². The van der Waals surface area contributed by atoms with Gasteiger partial charge < -0.3 is 0 Å². The molecule has 2 aromatic rings. The van der Waals surface area contributed by atoms with Crippen molar-refractivity contribution in [1.82, 2.24) is 0 Å². The van der Waals surface area contributed by atoms with Gasteiger partial charge >= 0.3 is 12.2 Å². The zero-order valence-electron chi connectivity index (χ0n) is 9.73. The summed E-state index contributed by atoms with van der Waals surface area (Å²) in [6, 6.07) is 7.00. The lowest BCUT2D eigenvalue weighted by Gasteiger charge is -2.07. The monoisotopic (exact) mass is 288 g/mol. The summed E-state index contributed by atoms with van der Waals surface area (Å²) in [5.74, 6) is -3.53. The fourth-order valence-corrected chi connectivity index (χ4v) is 1.90. The van der Waals surface area contributed by atoms with Crippen LogP contribution in [0.4, 0.5) is 26.3 Å². The van der Waals surface area contributed by atoms with E-state index in [9.17, 15) is 26.3 Å². The Morgan fingerprint density at radius 2 is 0.900 bits per heavy atom.